The molecular weight excluding hydrogens is 212 g/mol. The third-order valence-corrected chi connectivity index (χ3v) is 2.84. The van der Waals surface area contributed by atoms with E-state index in [0.29, 0.717) is 6.10 Å². The first-order valence-electron chi connectivity index (χ1n) is 5.06. The first-order chi connectivity index (χ1) is 6.93. The Morgan fingerprint density at radius 3 is 2.87 bits per heavy atom. The predicted octanol–water partition coefficient (Wildman–Crippen LogP) is 2.41. The molecule has 1 aromatic heterocycles. The predicted molar refractivity (Wildman–Crippen MR) is 60.2 cm³/mol. The van der Waals surface area contributed by atoms with Gasteiger partial charge in [0.25, 0.3) is 0 Å². The average molecular weight is 225 g/mol. The van der Waals surface area contributed by atoms with Gasteiger partial charge in [-0.15, -0.1) is 12.4 Å². The maximum absolute atomic E-state index is 5.40. The summed E-state index contributed by atoms with van der Waals surface area (Å²) >= 11 is 0. The topological polar surface area (TPSA) is 34.5 Å². The van der Waals surface area contributed by atoms with E-state index in [1.165, 1.54) is 12.8 Å². The van der Waals surface area contributed by atoms with E-state index in [1.54, 1.807) is 6.20 Å². The Hall–Kier alpha value is -1.09. The standard InChI is InChI=1S/C11H12N2O.ClH/c1-2-9(7-12-5-1)10-6-11(14-13-10)8-3-4-8;/h1-2,5,7-8,11H,3-4,6H2;1H. The Balaban J connectivity index is 0.000000853. The zero-order valence-corrected chi connectivity index (χ0v) is 9.11. The molecule has 0 aromatic carbocycles. The number of hydrogen-bond acceptors (Lipinski definition) is 3. The number of rotatable bonds is 2. The van der Waals surface area contributed by atoms with Gasteiger partial charge < -0.3 is 4.84 Å². The first-order valence-corrected chi connectivity index (χ1v) is 5.06. The van der Waals surface area contributed by atoms with Crippen LogP contribution in [-0.2, 0) is 4.84 Å². The summed E-state index contributed by atoms with van der Waals surface area (Å²) in [6.07, 6.45) is 7.53. The quantitative estimate of drug-likeness (QED) is 0.773. The second-order valence-corrected chi connectivity index (χ2v) is 3.97. The average Bonchev–Trinajstić information content (AvgIpc) is 2.98. The van der Waals surface area contributed by atoms with Gasteiger partial charge in [0.1, 0.15) is 6.10 Å². The van der Waals surface area contributed by atoms with E-state index in [2.05, 4.69) is 10.1 Å². The molecule has 0 N–H and O–H groups in total. The summed E-state index contributed by atoms with van der Waals surface area (Å²) in [5.74, 6) is 0.757. The van der Waals surface area contributed by atoms with Crippen molar-refractivity contribution in [3.05, 3.63) is 30.1 Å². The Morgan fingerprint density at radius 1 is 1.33 bits per heavy atom. The van der Waals surface area contributed by atoms with Crippen LogP contribution in [0.3, 0.4) is 0 Å². The molecular formula is C11H13ClN2O. The lowest BCUT2D eigenvalue weighted by molar-refractivity contribution is 0.0694. The fourth-order valence-corrected chi connectivity index (χ4v) is 1.82. The van der Waals surface area contributed by atoms with Crippen LogP contribution in [0.1, 0.15) is 24.8 Å². The van der Waals surface area contributed by atoms with E-state index in [0.717, 1.165) is 23.6 Å². The molecule has 3 nitrogen and oxygen atoms in total. The van der Waals surface area contributed by atoms with Crippen molar-refractivity contribution < 1.29 is 4.84 Å². The van der Waals surface area contributed by atoms with Crippen molar-refractivity contribution in [3.63, 3.8) is 0 Å². The summed E-state index contributed by atoms with van der Waals surface area (Å²) in [5, 5.41) is 4.13. The van der Waals surface area contributed by atoms with Crippen molar-refractivity contribution in [3.8, 4) is 0 Å². The molecule has 1 unspecified atom stereocenters. The molecule has 4 heteroatoms. The van der Waals surface area contributed by atoms with Gasteiger partial charge in [-0.2, -0.15) is 0 Å². The molecule has 1 aromatic rings. The van der Waals surface area contributed by atoms with E-state index in [1.807, 2.05) is 18.3 Å². The Kier molecular flexibility index (Phi) is 2.91. The highest BCUT2D eigenvalue weighted by atomic mass is 35.5. The first kappa shape index (κ1) is 10.4. The fourth-order valence-electron chi connectivity index (χ4n) is 1.82. The number of nitrogens with zero attached hydrogens (tertiary/aromatic N) is 2. The molecule has 1 saturated carbocycles. The minimum Gasteiger partial charge on any atom is -0.392 e. The number of halogens is 1. The van der Waals surface area contributed by atoms with Crippen LogP contribution in [0.4, 0.5) is 0 Å². The van der Waals surface area contributed by atoms with Crippen molar-refractivity contribution in [2.45, 2.75) is 25.4 Å². The Labute approximate surface area is 94.9 Å². The summed E-state index contributed by atoms with van der Waals surface area (Å²) in [6.45, 7) is 0. The summed E-state index contributed by atoms with van der Waals surface area (Å²) in [6, 6.07) is 3.97. The van der Waals surface area contributed by atoms with Crippen LogP contribution in [0.2, 0.25) is 0 Å². The molecule has 2 heterocycles. The van der Waals surface area contributed by atoms with E-state index < -0.39 is 0 Å². The number of aromatic nitrogens is 1. The summed E-state index contributed by atoms with van der Waals surface area (Å²) < 4.78 is 0. The monoisotopic (exact) mass is 224 g/mol. The maximum atomic E-state index is 5.40. The van der Waals surface area contributed by atoms with Crippen molar-refractivity contribution in [1.82, 2.24) is 4.98 Å². The summed E-state index contributed by atoms with van der Waals surface area (Å²) in [7, 11) is 0. The van der Waals surface area contributed by atoms with Crippen LogP contribution < -0.4 is 0 Å². The van der Waals surface area contributed by atoms with Gasteiger partial charge in [-0.1, -0.05) is 5.16 Å². The van der Waals surface area contributed by atoms with Crippen molar-refractivity contribution in [2.24, 2.45) is 11.1 Å². The molecule has 0 bridgehead atoms. The van der Waals surface area contributed by atoms with E-state index in [4.69, 9.17) is 4.84 Å². The van der Waals surface area contributed by atoms with Crippen molar-refractivity contribution in [2.75, 3.05) is 0 Å². The zero-order valence-electron chi connectivity index (χ0n) is 8.30. The van der Waals surface area contributed by atoms with E-state index in [-0.39, 0.29) is 12.4 Å². The van der Waals surface area contributed by atoms with Crippen LogP contribution in [0.25, 0.3) is 0 Å². The van der Waals surface area contributed by atoms with Crippen molar-refractivity contribution in [1.29, 1.82) is 0 Å². The maximum Gasteiger partial charge on any atom is 0.136 e. The SMILES string of the molecule is Cl.c1cncc(C2=NOC(C3CC3)C2)c1. The molecule has 0 amide bonds. The molecule has 1 atom stereocenters. The molecule has 1 fully saturated rings. The van der Waals surface area contributed by atoms with Gasteiger partial charge in [0, 0.05) is 24.4 Å². The lowest BCUT2D eigenvalue weighted by Crippen LogP contribution is -2.10. The highest BCUT2D eigenvalue weighted by Crippen LogP contribution is 2.38. The molecule has 80 valence electrons. The number of oxime groups is 1. The minimum atomic E-state index is 0. The molecule has 1 aliphatic heterocycles. The molecule has 3 rings (SSSR count). The second kappa shape index (κ2) is 4.19. The Bertz CT molecular complexity index is 362. The molecule has 0 radical (unpaired) electrons. The summed E-state index contributed by atoms with van der Waals surface area (Å²) in [5.41, 5.74) is 2.14. The van der Waals surface area contributed by atoms with Crippen LogP contribution in [0, 0.1) is 5.92 Å². The lowest BCUT2D eigenvalue weighted by Gasteiger charge is -2.03. The van der Waals surface area contributed by atoms with Crippen LogP contribution >= 0.6 is 12.4 Å². The lowest BCUT2D eigenvalue weighted by atomic mass is 10.0. The number of hydrogen-bond donors (Lipinski definition) is 0. The van der Waals surface area contributed by atoms with Gasteiger partial charge in [0.15, 0.2) is 0 Å². The highest BCUT2D eigenvalue weighted by molar-refractivity contribution is 6.00. The fraction of sp³-hybridized carbons (Fsp3) is 0.455. The highest BCUT2D eigenvalue weighted by Gasteiger charge is 2.37. The van der Waals surface area contributed by atoms with Gasteiger partial charge in [0.05, 0.1) is 5.71 Å². The van der Waals surface area contributed by atoms with Crippen LogP contribution in [0.15, 0.2) is 29.7 Å². The third-order valence-electron chi connectivity index (χ3n) is 2.84. The van der Waals surface area contributed by atoms with E-state index >= 15 is 0 Å². The van der Waals surface area contributed by atoms with Gasteiger partial charge in [-0.3, -0.25) is 4.98 Å². The molecule has 2 aliphatic rings. The third kappa shape index (κ3) is 2.12. The van der Waals surface area contributed by atoms with Gasteiger partial charge >= 0.3 is 0 Å². The molecule has 15 heavy (non-hydrogen) atoms. The zero-order chi connectivity index (χ0) is 9.38. The summed E-state index contributed by atoms with van der Waals surface area (Å²) in [4.78, 5) is 9.48. The van der Waals surface area contributed by atoms with Gasteiger partial charge in [-0.05, 0) is 30.9 Å². The smallest absolute Gasteiger partial charge is 0.136 e. The normalized spacial score (nSPS) is 24.0. The Morgan fingerprint density at radius 2 is 2.20 bits per heavy atom. The van der Waals surface area contributed by atoms with Crippen molar-refractivity contribution >= 4 is 18.1 Å². The molecule has 1 aliphatic carbocycles. The van der Waals surface area contributed by atoms with Crippen LogP contribution in [0.5, 0.6) is 0 Å². The molecule has 0 spiro atoms. The van der Waals surface area contributed by atoms with Crippen LogP contribution in [-0.4, -0.2) is 16.8 Å². The molecule has 0 saturated heterocycles. The minimum absolute atomic E-state index is 0. The second-order valence-electron chi connectivity index (χ2n) is 3.97. The van der Waals surface area contributed by atoms with Gasteiger partial charge in [-0.25, -0.2) is 0 Å². The van der Waals surface area contributed by atoms with Gasteiger partial charge in [0.2, 0.25) is 0 Å². The van der Waals surface area contributed by atoms with E-state index in [9.17, 15) is 0 Å². The number of pyridine rings is 1. The largest absolute Gasteiger partial charge is 0.392 e.